The normalized spacial score (nSPS) is 29.0. The quantitative estimate of drug-likeness (QED) is 0.326. The second-order valence-electron chi connectivity index (χ2n) is 9.80. The van der Waals surface area contributed by atoms with E-state index in [1.54, 1.807) is 0 Å². The first-order chi connectivity index (χ1) is 18.6. The molecule has 0 spiro atoms. The molecule has 212 valence electrons. The van der Waals surface area contributed by atoms with Crippen LogP contribution >= 0.6 is 11.6 Å². The highest BCUT2D eigenvalue weighted by molar-refractivity contribution is 6.30. The number of hydrogen-bond donors (Lipinski definition) is 2. The topological polar surface area (TPSA) is 120 Å². The summed E-state index contributed by atoms with van der Waals surface area (Å²) in [6, 6.07) is 0.375. The van der Waals surface area contributed by atoms with Gasteiger partial charge in [-0.3, -0.25) is 0 Å². The summed E-state index contributed by atoms with van der Waals surface area (Å²) < 4.78 is 71.4. The van der Waals surface area contributed by atoms with Crippen LogP contribution in [0.2, 0.25) is 5.02 Å². The van der Waals surface area contributed by atoms with Crippen molar-refractivity contribution in [2.45, 2.75) is 74.5 Å². The van der Waals surface area contributed by atoms with Gasteiger partial charge in [0.1, 0.15) is 36.1 Å². The predicted molar refractivity (Wildman–Crippen MR) is 128 cm³/mol. The lowest BCUT2D eigenvalue weighted by molar-refractivity contribution is -0.212. The number of aliphatic hydroxyl groups is 2. The third kappa shape index (κ3) is 5.27. The Morgan fingerprint density at radius 2 is 1.87 bits per heavy atom. The molecule has 6 atom stereocenters. The summed E-state index contributed by atoms with van der Waals surface area (Å²) in [6.45, 7) is -0.551. The standard InChI is InChI=1S/C24H27ClF4N6O4/c1-38-23-16(8-12-9-34(32-30-12)18-4-2-3-7-24(18,28)29)39-17(11-36)22(37)21(23)35-10-15(31-33-35)13-5-6-14(25)20(27)19(13)26/h5-6,9-10,16-18,21-23,36-37H,2-4,7-8,11H2,1H3/t16-,17-,18?,21+,22+,23+/m1/s1. The summed E-state index contributed by atoms with van der Waals surface area (Å²) in [4.78, 5) is 0. The van der Waals surface area contributed by atoms with Gasteiger partial charge in [-0.2, -0.15) is 0 Å². The molecule has 5 rings (SSSR count). The molecule has 0 radical (unpaired) electrons. The Kier molecular flexibility index (Phi) is 7.93. The fraction of sp³-hybridized carbons (Fsp3) is 0.583. The summed E-state index contributed by atoms with van der Waals surface area (Å²) in [6.07, 6.45) is -0.0866. The monoisotopic (exact) mass is 574 g/mol. The Bertz CT molecular complexity index is 1310. The number of alkyl halides is 2. The van der Waals surface area contributed by atoms with Crippen LogP contribution in [0.15, 0.2) is 24.5 Å². The number of rotatable bonds is 7. The smallest absolute Gasteiger partial charge is 0.270 e. The van der Waals surface area contributed by atoms with Crippen LogP contribution in [0.1, 0.15) is 43.5 Å². The zero-order valence-electron chi connectivity index (χ0n) is 20.8. The molecule has 2 N–H and O–H groups in total. The van der Waals surface area contributed by atoms with Gasteiger partial charge < -0.3 is 19.7 Å². The minimum Gasteiger partial charge on any atom is -0.394 e. The highest BCUT2D eigenvalue weighted by atomic mass is 35.5. The van der Waals surface area contributed by atoms with E-state index >= 15 is 0 Å². The van der Waals surface area contributed by atoms with Crippen LogP contribution in [-0.2, 0) is 15.9 Å². The second kappa shape index (κ2) is 11.1. The highest BCUT2D eigenvalue weighted by Gasteiger charge is 2.48. The third-order valence-electron chi connectivity index (χ3n) is 7.38. The molecule has 1 saturated heterocycles. The Hall–Kier alpha value is -2.65. The van der Waals surface area contributed by atoms with Crippen molar-refractivity contribution in [1.82, 2.24) is 30.0 Å². The number of methoxy groups -OCH3 is 1. The van der Waals surface area contributed by atoms with Gasteiger partial charge in [0, 0.05) is 31.7 Å². The minimum atomic E-state index is -2.89. The summed E-state index contributed by atoms with van der Waals surface area (Å²) in [5.41, 5.74) is 0.142. The lowest BCUT2D eigenvalue weighted by atomic mass is 9.90. The maximum atomic E-state index is 14.5. The van der Waals surface area contributed by atoms with Crippen molar-refractivity contribution < 1.29 is 37.2 Å². The molecule has 1 aliphatic carbocycles. The van der Waals surface area contributed by atoms with Crippen molar-refractivity contribution in [3.05, 3.63) is 46.9 Å². The van der Waals surface area contributed by atoms with Crippen LogP contribution < -0.4 is 0 Å². The van der Waals surface area contributed by atoms with Gasteiger partial charge in [-0.05, 0) is 25.0 Å². The fourth-order valence-corrected chi connectivity index (χ4v) is 5.51. The van der Waals surface area contributed by atoms with Crippen molar-refractivity contribution in [1.29, 1.82) is 0 Å². The molecule has 3 heterocycles. The molecule has 2 aliphatic rings. The SMILES string of the molecule is CO[C@@H]1[C@@H](n2cc(-c3ccc(Cl)c(F)c3F)nn2)[C@@H](O)[C@@H](CO)O[C@@H]1Cc1cn(C2CCCCC2(F)F)nn1. The second-order valence-corrected chi connectivity index (χ2v) is 10.2. The van der Waals surface area contributed by atoms with E-state index in [4.69, 9.17) is 21.1 Å². The maximum Gasteiger partial charge on any atom is 0.270 e. The van der Waals surface area contributed by atoms with Crippen molar-refractivity contribution in [3.8, 4) is 11.3 Å². The van der Waals surface area contributed by atoms with E-state index in [-0.39, 0.29) is 35.5 Å². The van der Waals surface area contributed by atoms with Gasteiger partial charge in [-0.1, -0.05) is 28.4 Å². The Labute approximate surface area is 225 Å². The van der Waals surface area contributed by atoms with Crippen LogP contribution in [0.3, 0.4) is 0 Å². The number of hydrogen-bond acceptors (Lipinski definition) is 8. The molecular formula is C24H27ClF4N6O4. The first-order valence-electron chi connectivity index (χ1n) is 12.5. The van der Waals surface area contributed by atoms with Gasteiger partial charge in [0.25, 0.3) is 5.92 Å². The Morgan fingerprint density at radius 3 is 2.59 bits per heavy atom. The molecule has 15 heteroatoms. The van der Waals surface area contributed by atoms with Crippen LogP contribution in [-0.4, -0.2) is 84.3 Å². The van der Waals surface area contributed by atoms with Crippen LogP contribution in [0.4, 0.5) is 17.6 Å². The third-order valence-corrected chi connectivity index (χ3v) is 7.67. The number of ether oxygens (including phenoxy) is 2. The average Bonchev–Trinajstić information content (AvgIpc) is 3.57. The fourth-order valence-electron chi connectivity index (χ4n) is 5.37. The molecule has 1 unspecified atom stereocenters. The Morgan fingerprint density at radius 1 is 1.10 bits per heavy atom. The van der Waals surface area contributed by atoms with Crippen molar-refractivity contribution >= 4 is 11.6 Å². The number of halogens is 5. The van der Waals surface area contributed by atoms with Gasteiger partial charge in [0.15, 0.2) is 11.6 Å². The first kappa shape index (κ1) is 27.9. The van der Waals surface area contributed by atoms with Crippen molar-refractivity contribution in [3.63, 3.8) is 0 Å². The molecule has 3 aromatic rings. The molecule has 39 heavy (non-hydrogen) atoms. The molecule has 1 aromatic carbocycles. The summed E-state index contributed by atoms with van der Waals surface area (Å²) in [7, 11) is 1.38. The lowest BCUT2D eigenvalue weighted by Crippen LogP contribution is -2.57. The van der Waals surface area contributed by atoms with E-state index in [0.717, 1.165) is 0 Å². The van der Waals surface area contributed by atoms with Crippen molar-refractivity contribution in [2.75, 3.05) is 13.7 Å². The minimum absolute atomic E-state index is 0.0231. The van der Waals surface area contributed by atoms with E-state index in [1.807, 2.05) is 0 Å². The average molecular weight is 575 g/mol. The molecule has 2 fully saturated rings. The number of nitrogens with zero attached hydrogens (tertiary/aromatic N) is 6. The molecule has 0 bridgehead atoms. The maximum absolute atomic E-state index is 14.5. The summed E-state index contributed by atoms with van der Waals surface area (Å²) >= 11 is 5.64. The highest BCUT2D eigenvalue weighted by Crippen LogP contribution is 2.41. The van der Waals surface area contributed by atoms with E-state index in [2.05, 4.69) is 20.6 Å². The van der Waals surface area contributed by atoms with E-state index < -0.39 is 60.7 Å². The zero-order chi connectivity index (χ0) is 27.9. The van der Waals surface area contributed by atoms with Gasteiger partial charge in [-0.15, -0.1) is 10.2 Å². The van der Waals surface area contributed by atoms with E-state index in [9.17, 15) is 27.8 Å². The number of aromatic nitrogens is 6. The van der Waals surface area contributed by atoms with Crippen LogP contribution in [0, 0.1) is 11.6 Å². The molecule has 2 aromatic heterocycles. The van der Waals surface area contributed by atoms with Crippen LogP contribution in [0.25, 0.3) is 11.3 Å². The summed E-state index contributed by atoms with van der Waals surface area (Å²) in [5, 5.41) is 36.4. The van der Waals surface area contributed by atoms with E-state index in [1.165, 1.54) is 41.0 Å². The van der Waals surface area contributed by atoms with Gasteiger partial charge >= 0.3 is 0 Å². The molecule has 1 aliphatic heterocycles. The lowest BCUT2D eigenvalue weighted by Gasteiger charge is -2.43. The van der Waals surface area contributed by atoms with Gasteiger partial charge in [0.05, 0.1) is 29.6 Å². The van der Waals surface area contributed by atoms with Gasteiger partial charge in [0.2, 0.25) is 0 Å². The largest absolute Gasteiger partial charge is 0.394 e. The number of aliphatic hydroxyl groups excluding tert-OH is 2. The van der Waals surface area contributed by atoms with E-state index in [0.29, 0.717) is 18.5 Å². The molecule has 1 saturated carbocycles. The van der Waals surface area contributed by atoms with Crippen molar-refractivity contribution in [2.24, 2.45) is 0 Å². The molecular weight excluding hydrogens is 548 g/mol. The number of benzene rings is 1. The molecule has 10 nitrogen and oxygen atoms in total. The predicted octanol–water partition coefficient (Wildman–Crippen LogP) is 3.14. The molecule has 0 amide bonds. The Balaban J connectivity index is 1.41. The first-order valence-corrected chi connectivity index (χ1v) is 12.8. The van der Waals surface area contributed by atoms with Crippen LogP contribution in [0.5, 0.6) is 0 Å². The zero-order valence-corrected chi connectivity index (χ0v) is 21.6. The van der Waals surface area contributed by atoms with Gasteiger partial charge in [-0.25, -0.2) is 26.9 Å². The summed E-state index contributed by atoms with van der Waals surface area (Å²) in [5.74, 6) is -5.33.